The van der Waals surface area contributed by atoms with Gasteiger partial charge in [-0.3, -0.25) is 4.79 Å². The molecular formula is C12H12N4OS. The minimum absolute atomic E-state index is 0.203. The molecule has 2 heterocycles. The van der Waals surface area contributed by atoms with E-state index in [1.807, 2.05) is 6.92 Å². The zero-order chi connectivity index (χ0) is 12.5. The molecule has 0 atom stereocenters. The van der Waals surface area contributed by atoms with Crippen LogP contribution in [0.5, 0.6) is 0 Å². The smallest absolute Gasteiger partial charge is 0.275 e. The van der Waals surface area contributed by atoms with Gasteiger partial charge in [-0.1, -0.05) is 0 Å². The van der Waals surface area contributed by atoms with Gasteiger partial charge in [0, 0.05) is 11.3 Å². The van der Waals surface area contributed by atoms with Crippen molar-refractivity contribution in [2.24, 2.45) is 0 Å². The molecule has 0 radical (unpaired) electrons. The Morgan fingerprint density at radius 1 is 1.44 bits per heavy atom. The second kappa shape index (κ2) is 4.45. The molecule has 0 aromatic carbocycles. The van der Waals surface area contributed by atoms with Gasteiger partial charge in [-0.25, -0.2) is 15.0 Å². The Bertz CT molecular complexity index is 578. The molecule has 1 aliphatic rings. The molecule has 5 nitrogen and oxygen atoms in total. The minimum Gasteiger partial charge on any atom is -0.318 e. The predicted octanol–water partition coefficient (Wildman–Crippen LogP) is 2.37. The van der Waals surface area contributed by atoms with E-state index in [2.05, 4.69) is 20.3 Å². The van der Waals surface area contributed by atoms with E-state index in [-0.39, 0.29) is 5.91 Å². The standard InChI is InChI=1S/C12H12N4OS/c1-7-13-4-9(11(15-7)8-2-3-8)16-12(17)10-5-18-6-14-10/h4-6,8H,2-3H2,1H3,(H,16,17). The van der Waals surface area contributed by atoms with Gasteiger partial charge >= 0.3 is 0 Å². The SMILES string of the molecule is Cc1ncc(NC(=O)c2cscn2)c(C2CC2)n1. The monoisotopic (exact) mass is 260 g/mol. The summed E-state index contributed by atoms with van der Waals surface area (Å²) < 4.78 is 0. The van der Waals surface area contributed by atoms with Crippen molar-refractivity contribution in [1.29, 1.82) is 0 Å². The molecule has 0 saturated heterocycles. The molecule has 0 unspecified atom stereocenters. The Morgan fingerprint density at radius 3 is 2.94 bits per heavy atom. The molecule has 1 fully saturated rings. The summed E-state index contributed by atoms with van der Waals surface area (Å²) in [6.07, 6.45) is 3.95. The number of nitrogens with zero attached hydrogens (tertiary/aromatic N) is 3. The first kappa shape index (κ1) is 11.3. The maximum absolute atomic E-state index is 11.9. The summed E-state index contributed by atoms with van der Waals surface area (Å²) in [5.41, 5.74) is 3.73. The molecule has 1 N–H and O–H groups in total. The fourth-order valence-corrected chi connectivity index (χ4v) is 2.29. The van der Waals surface area contributed by atoms with Crippen molar-refractivity contribution in [3.63, 3.8) is 0 Å². The lowest BCUT2D eigenvalue weighted by atomic mass is 10.2. The third-order valence-corrected chi connectivity index (χ3v) is 3.40. The van der Waals surface area contributed by atoms with Crippen LogP contribution >= 0.6 is 11.3 Å². The Kier molecular flexibility index (Phi) is 2.79. The Balaban J connectivity index is 1.86. The quantitative estimate of drug-likeness (QED) is 0.920. The van der Waals surface area contributed by atoms with Crippen LogP contribution in [0.25, 0.3) is 0 Å². The summed E-state index contributed by atoms with van der Waals surface area (Å²) in [4.78, 5) is 24.5. The highest BCUT2D eigenvalue weighted by molar-refractivity contribution is 7.07. The lowest BCUT2D eigenvalue weighted by Crippen LogP contribution is -2.14. The summed E-state index contributed by atoms with van der Waals surface area (Å²) in [5, 5.41) is 4.57. The zero-order valence-electron chi connectivity index (χ0n) is 9.88. The van der Waals surface area contributed by atoms with Gasteiger partial charge in [0.05, 0.1) is 23.1 Å². The van der Waals surface area contributed by atoms with Crippen LogP contribution in [0, 0.1) is 6.92 Å². The van der Waals surface area contributed by atoms with Gasteiger partial charge < -0.3 is 5.32 Å². The normalized spacial score (nSPS) is 14.5. The van der Waals surface area contributed by atoms with Crippen LogP contribution in [0.2, 0.25) is 0 Å². The van der Waals surface area contributed by atoms with E-state index in [9.17, 15) is 4.79 Å². The number of carbonyl (C=O) groups excluding carboxylic acids is 1. The van der Waals surface area contributed by atoms with Gasteiger partial charge in [-0.15, -0.1) is 11.3 Å². The lowest BCUT2D eigenvalue weighted by molar-refractivity contribution is 0.102. The summed E-state index contributed by atoms with van der Waals surface area (Å²) in [6, 6.07) is 0. The molecule has 6 heteroatoms. The Morgan fingerprint density at radius 2 is 2.28 bits per heavy atom. The maximum atomic E-state index is 11.9. The van der Waals surface area contributed by atoms with E-state index in [0.717, 1.165) is 24.4 Å². The van der Waals surface area contributed by atoms with Crippen LogP contribution in [0.15, 0.2) is 17.1 Å². The Labute approximate surface area is 108 Å². The predicted molar refractivity (Wildman–Crippen MR) is 68.8 cm³/mol. The zero-order valence-corrected chi connectivity index (χ0v) is 10.7. The number of amides is 1. The minimum atomic E-state index is -0.203. The second-order valence-electron chi connectivity index (χ2n) is 4.32. The van der Waals surface area contributed by atoms with Crippen LogP contribution in [-0.4, -0.2) is 20.9 Å². The number of hydrogen-bond donors (Lipinski definition) is 1. The van der Waals surface area contributed by atoms with Gasteiger partial charge in [0.25, 0.3) is 5.91 Å². The molecule has 18 heavy (non-hydrogen) atoms. The number of thiazole rings is 1. The summed E-state index contributed by atoms with van der Waals surface area (Å²) in [5.74, 6) is 1.01. The van der Waals surface area contributed by atoms with Gasteiger partial charge in [-0.2, -0.15) is 0 Å². The van der Waals surface area contributed by atoms with Crippen molar-refractivity contribution in [2.45, 2.75) is 25.7 Å². The molecule has 0 aliphatic heterocycles. The number of aryl methyl sites for hydroxylation is 1. The van der Waals surface area contributed by atoms with Crippen molar-refractivity contribution in [3.05, 3.63) is 34.3 Å². The highest BCUT2D eigenvalue weighted by Crippen LogP contribution is 2.42. The van der Waals surface area contributed by atoms with Crippen molar-refractivity contribution >= 4 is 22.9 Å². The van der Waals surface area contributed by atoms with E-state index in [1.165, 1.54) is 11.3 Å². The number of hydrogen-bond acceptors (Lipinski definition) is 5. The Hall–Kier alpha value is -1.82. The first-order valence-electron chi connectivity index (χ1n) is 5.77. The summed E-state index contributed by atoms with van der Waals surface area (Å²) in [7, 11) is 0. The van der Waals surface area contributed by atoms with E-state index in [4.69, 9.17) is 0 Å². The first-order valence-corrected chi connectivity index (χ1v) is 6.71. The van der Waals surface area contributed by atoms with E-state index in [0.29, 0.717) is 17.3 Å². The highest BCUT2D eigenvalue weighted by Gasteiger charge is 2.28. The summed E-state index contributed by atoms with van der Waals surface area (Å²) in [6.45, 7) is 1.86. The average molecular weight is 260 g/mol. The van der Waals surface area contributed by atoms with Crippen LogP contribution in [0.1, 0.15) is 40.8 Å². The van der Waals surface area contributed by atoms with Crippen molar-refractivity contribution in [3.8, 4) is 0 Å². The van der Waals surface area contributed by atoms with E-state index in [1.54, 1.807) is 17.1 Å². The van der Waals surface area contributed by atoms with Crippen LogP contribution in [0.4, 0.5) is 5.69 Å². The number of aromatic nitrogens is 3. The highest BCUT2D eigenvalue weighted by atomic mass is 32.1. The van der Waals surface area contributed by atoms with Gasteiger partial charge in [-0.05, 0) is 19.8 Å². The topological polar surface area (TPSA) is 67.8 Å². The van der Waals surface area contributed by atoms with Gasteiger partial charge in [0.2, 0.25) is 0 Å². The van der Waals surface area contributed by atoms with Crippen LogP contribution < -0.4 is 5.32 Å². The lowest BCUT2D eigenvalue weighted by Gasteiger charge is -2.08. The summed E-state index contributed by atoms with van der Waals surface area (Å²) >= 11 is 1.40. The number of rotatable bonds is 3. The van der Waals surface area contributed by atoms with E-state index < -0.39 is 0 Å². The molecule has 92 valence electrons. The second-order valence-corrected chi connectivity index (χ2v) is 5.04. The third-order valence-electron chi connectivity index (χ3n) is 2.82. The fraction of sp³-hybridized carbons (Fsp3) is 0.333. The molecule has 1 amide bonds. The molecular weight excluding hydrogens is 248 g/mol. The number of nitrogens with one attached hydrogen (secondary N) is 1. The van der Waals surface area contributed by atoms with Crippen molar-refractivity contribution in [1.82, 2.24) is 15.0 Å². The largest absolute Gasteiger partial charge is 0.318 e. The third kappa shape index (κ3) is 2.24. The molecule has 1 aliphatic carbocycles. The fourth-order valence-electron chi connectivity index (χ4n) is 1.76. The number of anilines is 1. The molecule has 2 aromatic heterocycles. The molecule has 1 saturated carbocycles. The van der Waals surface area contributed by atoms with Crippen molar-refractivity contribution in [2.75, 3.05) is 5.32 Å². The van der Waals surface area contributed by atoms with E-state index >= 15 is 0 Å². The molecule has 2 aromatic rings. The van der Waals surface area contributed by atoms with Crippen molar-refractivity contribution < 1.29 is 4.79 Å². The van der Waals surface area contributed by atoms with Gasteiger partial charge in [0.1, 0.15) is 11.5 Å². The number of carbonyl (C=O) groups is 1. The van der Waals surface area contributed by atoms with Gasteiger partial charge in [0.15, 0.2) is 0 Å². The molecule has 0 spiro atoms. The molecule has 0 bridgehead atoms. The average Bonchev–Trinajstić information content (AvgIpc) is 3.05. The van der Waals surface area contributed by atoms with Crippen LogP contribution in [-0.2, 0) is 0 Å². The first-order chi connectivity index (χ1) is 8.74. The maximum Gasteiger partial charge on any atom is 0.275 e. The molecule has 3 rings (SSSR count). The van der Waals surface area contributed by atoms with Crippen LogP contribution in [0.3, 0.4) is 0 Å².